The van der Waals surface area contributed by atoms with E-state index in [9.17, 15) is 14.0 Å². The molecule has 8 heteroatoms. The van der Waals surface area contributed by atoms with Gasteiger partial charge in [-0.3, -0.25) is 0 Å². The molecule has 1 aromatic carbocycles. The molecule has 0 aliphatic rings. The van der Waals surface area contributed by atoms with Crippen LogP contribution in [-0.4, -0.2) is 24.8 Å². The maximum atomic E-state index is 13.7. The molecule has 0 atom stereocenters. The predicted octanol–water partition coefficient (Wildman–Crippen LogP) is 4.04. The molecule has 1 heterocycles. The van der Waals surface area contributed by atoms with Gasteiger partial charge in [-0.15, -0.1) is 0 Å². The fraction of sp³-hybridized carbons (Fsp3) is 0.375. The first-order chi connectivity index (χ1) is 11.1. The minimum Gasteiger partial charge on any atom is -0.465 e. The molecule has 0 aliphatic heterocycles. The second-order valence-electron chi connectivity index (χ2n) is 6.02. The number of ether oxygens (including phenoxy) is 2. The first-order valence-corrected chi connectivity index (χ1v) is 7.45. The van der Waals surface area contributed by atoms with Crippen LogP contribution in [0.25, 0.3) is 11.0 Å². The van der Waals surface area contributed by atoms with E-state index in [1.807, 2.05) is 0 Å². The third kappa shape index (κ3) is 3.97. The molecular formula is C16H17ClFNO5. The van der Waals surface area contributed by atoms with Crippen molar-refractivity contribution in [2.45, 2.75) is 32.9 Å². The normalized spacial score (nSPS) is 11.4. The molecule has 0 aliphatic carbocycles. The van der Waals surface area contributed by atoms with Gasteiger partial charge < -0.3 is 19.2 Å². The lowest BCUT2D eigenvalue weighted by Crippen LogP contribution is -2.32. The molecule has 0 bridgehead atoms. The summed E-state index contributed by atoms with van der Waals surface area (Å²) in [6.07, 6.45) is -0.654. The second-order valence-corrected chi connectivity index (χ2v) is 6.39. The zero-order valence-corrected chi connectivity index (χ0v) is 14.4. The number of nitrogens with one attached hydrogen (secondary N) is 1. The van der Waals surface area contributed by atoms with Gasteiger partial charge in [0.05, 0.1) is 18.7 Å². The van der Waals surface area contributed by atoms with Crippen LogP contribution in [0.5, 0.6) is 0 Å². The van der Waals surface area contributed by atoms with Crippen LogP contribution in [-0.2, 0) is 16.0 Å². The summed E-state index contributed by atoms with van der Waals surface area (Å²) >= 11 is 6.16. The lowest BCUT2D eigenvalue weighted by molar-refractivity contribution is 0.0518. The third-order valence-electron chi connectivity index (χ3n) is 2.96. The standard InChI is InChI=1S/C16H17ClFNO5/c1-16(2,3)24-15(21)19-7-11-12(17)9-5-8(18)6-10(13(9)23-11)14(20)22-4/h5-6H,7H2,1-4H3,(H,19,21). The first kappa shape index (κ1) is 18.1. The smallest absolute Gasteiger partial charge is 0.408 e. The van der Waals surface area contributed by atoms with E-state index in [0.717, 1.165) is 12.1 Å². The number of carbonyl (C=O) groups excluding carboxylic acids is 2. The number of halogens is 2. The van der Waals surface area contributed by atoms with Gasteiger partial charge in [0, 0.05) is 5.39 Å². The third-order valence-corrected chi connectivity index (χ3v) is 3.37. The van der Waals surface area contributed by atoms with E-state index in [0.29, 0.717) is 0 Å². The van der Waals surface area contributed by atoms with Crippen LogP contribution in [0.1, 0.15) is 36.9 Å². The number of esters is 1. The zero-order chi connectivity index (χ0) is 18.1. The Hall–Kier alpha value is -2.28. The highest BCUT2D eigenvalue weighted by Crippen LogP contribution is 2.33. The van der Waals surface area contributed by atoms with Crippen molar-refractivity contribution in [3.63, 3.8) is 0 Å². The number of rotatable bonds is 3. The summed E-state index contributed by atoms with van der Waals surface area (Å²) < 4.78 is 28.9. The average Bonchev–Trinajstić information content (AvgIpc) is 2.78. The Morgan fingerprint density at radius 1 is 1.33 bits per heavy atom. The van der Waals surface area contributed by atoms with Crippen molar-refractivity contribution in [2.24, 2.45) is 0 Å². The number of alkyl carbamates (subject to hydrolysis) is 1. The molecule has 0 saturated carbocycles. The summed E-state index contributed by atoms with van der Waals surface area (Å²) in [6.45, 7) is 5.11. The summed E-state index contributed by atoms with van der Waals surface area (Å²) in [7, 11) is 1.18. The largest absolute Gasteiger partial charge is 0.465 e. The summed E-state index contributed by atoms with van der Waals surface area (Å²) in [5.74, 6) is -1.23. The number of hydrogen-bond donors (Lipinski definition) is 1. The van der Waals surface area contributed by atoms with E-state index in [1.54, 1.807) is 20.8 Å². The number of benzene rings is 1. The monoisotopic (exact) mass is 357 g/mol. The molecule has 1 aromatic heterocycles. The Morgan fingerprint density at radius 2 is 2.00 bits per heavy atom. The van der Waals surface area contributed by atoms with Crippen LogP contribution < -0.4 is 5.32 Å². The second kappa shape index (κ2) is 6.68. The van der Waals surface area contributed by atoms with Crippen LogP contribution in [0.3, 0.4) is 0 Å². The molecule has 0 spiro atoms. The Bertz CT molecular complexity index is 794. The number of furan rings is 1. The fourth-order valence-corrected chi connectivity index (χ4v) is 2.27. The molecule has 2 aromatic rings. The van der Waals surface area contributed by atoms with Crippen LogP contribution in [0, 0.1) is 5.82 Å². The minimum absolute atomic E-state index is 0.0787. The summed E-state index contributed by atoms with van der Waals surface area (Å²) in [5, 5.41) is 2.81. The number of carbonyl (C=O) groups is 2. The predicted molar refractivity (Wildman–Crippen MR) is 85.6 cm³/mol. The molecule has 0 unspecified atom stereocenters. The molecular weight excluding hydrogens is 341 g/mol. The van der Waals surface area contributed by atoms with Gasteiger partial charge in [-0.05, 0) is 32.9 Å². The van der Waals surface area contributed by atoms with Crippen molar-refractivity contribution in [2.75, 3.05) is 7.11 Å². The number of fused-ring (bicyclic) bond motifs is 1. The summed E-state index contributed by atoms with van der Waals surface area (Å²) in [5.41, 5.74) is -0.643. The molecule has 1 amide bonds. The van der Waals surface area contributed by atoms with E-state index in [2.05, 4.69) is 10.1 Å². The topological polar surface area (TPSA) is 77.8 Å². The lowest BCUT2D eigenvalue weighted by atomic mass is 10.1. The molecule has 0 radical (unpaired) electrons. The SMILES string of the molecule is COC(=O)c1cc(F)cc2c(Cl)c(CNC(=O)OC(C)(C)C)oc12. The van der Waals surface area contributed by atoms with Gasteiger partial charge >= 0.3 is 12.1 Å². The fourth-order valence-electron chi connectivity index (χ4n) is 2.03. The van der Waals surface area contributed by atoms with Gasteiger partial charge in [-0.1, -0.05) is 11.6 Å². The number of amides is 1. The minimum atomic E-state index is -0.753. The Labute approximate surface area is 142 Å². The van der Waals surface area contributed by atoms with Crippen LogP contribution in [0.2, 0.25) is 5.02 Å². The van der Waals surface area contributed by atoms with E-state index < -0.39 is 23.5 Å². The Morgan fingerprint density at radius 3 is 2.58 bits per heavy atom. The first-order valence-electron chi connectivity index (χ1n) is 7.08. The van der Waals surface area contributed by atoms with Gasteiger partial charge in [0.25, 0.3) is 0 Å². The van der Waals surface area contributed by atoms with Gasteiger partial charge in [-0.2, -0.15) is 0 Å². The van der Waals surface area contributed by atoms with Gasteiger partial charge in [-0.25, -0.2) is 14.0 Å². The van der Waals surface area contributed by atoms with Gasteiger partial charge in [0.2, 0.25) is 0 Å². The molecule has 6 nitrogen and oxygen atoms in total. The van der Waals surface area contributed by atoms with Gasteiger partial charge in [0.15, 0.2) is 5.58 Å². The Kier molecular flexibility index (Phi) is 5.03. The lowest BCUT2D eigenvalue weighted by Gasteiger charge is -2.19. The molecule has 0 fully saturated rings. The van der Waals surface area contributed by atoms with E-state index in [4.69, 9.17) is 20.8 Å². The highest BCUT2D eigenvalue weighted by atomic mass is 35.5. The summed E-state index contributed by atoms with van der Waals surface area (Å²) in [6, 6.07) is 2.14. The highest BCUT2D eigenvalue weighted by Gasteiger charge is 2.22. The number of hydrogen-bond acceptors (Lipinski definition) is 5. The van der Waals surface area contributed by atoms with Gasteiger partial charge in [0.1, 0.15) is 22.7 Å². The van der Waals surface area contributed by atoms with E-state index in [1.165, 1.54) is 7.11 Å². The molecule has 2 rings (SSSR count). The Balaban J connectivity index is 2.31. The van der Waals surface area contributed by atoms with Crippen LogP contribution in [0.15, 0.2) is 16.5 Å². The number of methoxy groups -OCH3 is 1. The van der Waals surface area contributed by atoms with Crippen molar-refractivity contribution >= 4 is 34.6 Å². The quantitative estimate of drug-likeness (QED) is 0.839. The maximum Gasteiger partial charge on any atom is 0.408 e. The van der Waals surface area contributed by atoms with Crippen molar-refractivity contribution in [1.82, 2.24) is 5.32 Å². The average molecular weight is 358 g/mol. The summed E-state index contributed by atoms with van der Waals surface area (Å²) in [4.78, 5) is 23.4. The molecule has 0 saturated heterocycles. The molecule has 24 heavy (non-hydrogen) atoms. The van der Waals surface area contributed by atoms with Crippen LogP contribution in [0.4, 0.5) is 9.18 Å². The van der Waals surface area contributed by atoms with Crippen molar-refractivity contribution in [3.05, 3.63) is 34.3 Å². The van der Waals surface area contributed by atoms with E-state index in [-0.39, 0.29) is 33.9 Å². The molecule has 1 N–H and O–H groups in total. The van der Waals surface area contributed by atoms with Crippen molar-refractivity contribution in [1.29, 1.82) is 0 Å². The maximum absolute atomic E-state index is 13.7. The van der Waals surface area contributed by atoms with Crippen molar-refractivity contribution in [3.8, 4) is 0 Å². The van der Waals surface area contributed by atoms with E-state index >= 15 is 0 Å². The zero-order valence-electron chi connectivity index (χ0n) is 13.7. The highest BCUT2D eigenvalue weighted by molar-refractivity contribution is 6.36. The molecule has 130 valence electrons. The van der Waals surface area contributed by atoms with Crippen LogP contribution >= 0.6 is 11.6 Å². The van der Waals surface area contributed by atoms with Crippen molar-refractivity contribution < 1.29 is 27.9 Å².